The number of aromatic nitrogens is 2. The van der Waals surface area contributed by atoms with E-state index in [-0.39, 0.29) is 5.41 Å². The van der Waals surface area contributed by atoms with Gasteiger partial charge in [0.15, 0.2) is 0 Å². The smallest absolute Gasteiger partial charge is 0.138 e. The summed E-state index contributed by atoms with van der Waals surface area (Å²) >= 11 is 0. The highest BCUT2D eigenvalue weighted by Gasteiger charge is 2.21. The van der Waals surface area contributed by atoms with Crippen LogP contribution in [0.4, 0.5) is 11.6 Å². The molecule has 1 aromatic heterocycles. The van der Waals surface area contributed by atoms with E-state index in [1.165, 1.54) is 12.8 Å². The van der Waals surface area contributed by atoms with Crippen LogP contribution in [-0.2, 0) is 5.41 Å². The van der Waals surface area contributed by atoms with Gasteiger partial charge in [-0.05, 0) is 39.9 Å². The summed E-state index contributed by atoms with van der Waals surface area (Å²) in [6.45, 7) is 11.7. The minimum atomic E-state index is -0.0470. The zero-order valence-electron chi connectivity index (χ0n) is 14.0. The van der Waals surface area contributed by atoms with Crippen LogP contribution < -0.4 is 10.6 Å². The van der Waals surface area contributed by atoms with E-state index in [1.807, 2.05) is 6.07 Å². The molecular weight excluding hydrogens is 262 g/mol. The van der Waals surface area contributed by atoms with Crippen molar-refractivity contribution >= 4 is 11.6 Å². The molecule has 0 radical (unpaired) electrons. The lowest BCUT2D eigenvalue weighted by Gasteiger charge is -2.30. The monoisotopic (exact) mass is 291 g/mol. The van der Waals surface area contributed by atoms with Gasteiger partial charge in [-0.1, -0.05) is 20.8 Å². The molecule has 1 aliphatic heterocycles. The van der Waals surface area contributed by atoms with Crippen LogP contribution in [0, 0.1) is 0 Å². The molecule has 0 bridgehead atoms. The van der Waals surface area contributed by atoms with Gasteiger partial charge in [0.05, 0.1) is 0 Å². The summed E-state index contributed by atoms with van der Waals surface area (Å²) in [5.41, 5.74) is -0.0470. The molecule has 0 amide bonds. The molecule has 0 saturated carbocycles. The summed E-state index contributed by atoms with van der Waals surface area (Å²) in [6.07, 6.45) is 2.34. The second kappa shape index (κ2) is 6.60. The molecule has 0 unspecified atom stereocenters. The minimum Gasteiger partial charge on any atom is -0.370 e. The third-order valence-corrected chi connectivity index (χ3v) is 3.83. The topological polar surface area (TPSA) is 53.1 Å². The Morgan fingerprint density at radius 2 is 1.81 bits per heavy atom. The molecular formula is C16H29N5. The average Bonchev–Trinajstić information content (AvgIpc) is 2.41. The first-order valence-electron chi connectivity index (χ1n) is 7.97. The molecule has 5 heteroatoms. The fraction of sp³-hybridized carbons (Fsp3) is 0.750. The molecule has 21 heavy (non-hydrogen) atoms. The summed E-state index contributed by atoms with van der Waals surface area (Å²) < 4.78 is 0. The fourth-order valence-electron chi connectivity index (χ4n) is 2.49. The van der Waals surface area contributed by atoms with E-state index >= 15 is 0 Å². The molecule has 0 aliphatic carbocycles. The number of nitrogens with one attached hydrogen (secondary N) is 2. The highest BCUT2D eigenvalue weighted by molar-refractivity contribution is 5.48. The Labute approximate surface area is 128 Å². The lowest BCUT2D eigenvalue weighted by Crippen LogP contribution is -2.37. The molecule has 118 valence electrons. The quantitative estimate of drug-likeness (QED) is 0.893. The molecule has 1 aliphatic rings. The van der Waals surface area contributed by atoms with Gasteiger partial charge in [-0.15, -0.1) is 0 Å². The Bertz CT molecular complexity index is 458. The third-order valence-electron chi connectivity index (χ3n) is 3.83. The molecule has 0 spiro atoms. The maximum Gasteiger partial charge on any atom is 0.138 e. The standard InChI is InChI=1S/C16H29N5/c1-6-17-13-11-14(20-15(19-13)16(2,3)4)18-12-7-9-21(5)10-8-12/h11-12H,6-10H2,1-5H3,(H2,17,18,19,20). The van der Waals surface area contributed by atoms with Gasteiger partial charge in [-0.2, -0.15) is 0 Å². The number of nitrogens with zero attached hydrogens (tertiary/aromatic N) is 3. The Kier molecular flexibility index (Phi) is 5.04. The van der Waals surface area contributed by atoms with E-state index < -0.39 is 0 Å². The van der Waals surface area contributed by atoms with Crippen LogP contribution in [0.25, 0.3) is 0 Å². The summed E-state index contributed by atoms with van der Waals surface area (Å²) in [5, 5.41) is 6.90. The van der Waals surface area contributed by atoms with Gasteiger partial charge in [0.25, 0.3) is 0 Å². The highest BCUT2D eigenvalue weighted by Crippen LogP contribution is 2.23. The van der Waals surface area contributed by atoms with Crippen LogP contribution in [0.1, 0.15) is 46.4 Å². The number of anilines is 2. The Morgan fingerprint density at radius 1 is 1.19 bits per heavy atom. The van der Waals surface area contributed by atoms with Crippen molar-refractivity contribution < 1.29 is 0 Å². The summed E-state index contributed by atoms with van der Waals surface area (Å²) in [4.78, 5) is 11.7. The first kappa shape index (κ1) is 16.0. The molecule has 1 fully saturated rings. The van der Waals surface area contributed by atoms with E-state index in [9.17, 15) is 0 Å². The van der Waals surface area contributed by atoms with Gasteiger partial charge in [-0.3, -0.25) is 0 Å². The highest BCUT2D eigenvalue weighted by atomic mass is 15.1. The molecule has 1 aromatic rings. The van der Waals surface area contributed by atoms with Gasteiger partial charge < -0.3 is 15.5 Å². The molecule has 2 heterocycles. The van der Waals surface area contributed by atoms with Crippen LogP contribution in [0.3, 0.4) is 0 Å². The van der Waals surface area contributed by atoms with Crippen molar-refractivity contribution in [1.29, 1.82) is 0 Å². The second-order valence-corrected chi connectivity index (χ2v) is 6.96. The van der Waals surface area contributed by atoms with Crippen molar-refractivity contribution in [2.45, 2.75) is 52.0 Å². The average molecular weight is 291 g/mol. The SMILES string of the molecule is CCNc1cc(NC2CCN(C)CC2)nc(C(C)(C)C)n1. The minimum absolute atomic E-state index is 0.0470. The number of likely N-dealkylation sites (tertiary alicyclic amines) is 1. The van der Waals surface area contributed by atoms with Gasteiger partial charge in [0.2, 0.25) is 0 Å². The van der Waals surface area contributed by atoms with Crippen molar-refractivity contribution in [1.82, 2.24) is 14.9 Å². The maximum absolute atomic E-state index is 4.72. The van der Waals surface area contributed by atoms with E-state index in [0.29, 0.717) is 6.04 Å². The lowest BCUT2D eigenvalue weighted by molar-refractivity contribution is 0.263. The Balaban J connectivity index is 2.15. The largest absolute Gasteiger partial charge is 0.370 e. The van der Waals surface area contributed by atoms with E-state index in [0.717, 1.165) is 37.1 Å². The zero-order chi connectivity index (χ0) is 15.5. The number of rotatable bonds is 4. The maximum atomic E-state index is 4.72. The third kappa shape index (κ3) is 4.56. The molecule has 5 nitrogen and oxygen atoms in total. The van der Waals surface area contributed by atoms with E-state index in [1.54, 1.807) is 0 Å². The lowest BCUT2D eigenvalue weighted by atomic mass is 9.95. The van der Waals surface area contributed by atoms with Crippen LogP contribution in [0.2, 0.25) is 0 Å². The van der Waals surface area contributed by atoms with Crippen molar-refractivity contribution in [2.24, 2.45) is 0 Å². The van der Waals surface area contributed by atoms with Crippen LogP contribution in [-0.4, -0.2) is 47.6 Å². The van der Waals surface area contributed by atoms with Crippen molar-refractivity contribution in [3.05, 3.63) is 11.9 Å². The molecule has 0 aromatic carbocycles. The second-order valence-electron chi connectivity index (χ2n) is 6.96. The first-order chi connectivity index (χ1) is 9.88. The van der Waals surface area contributed by atoms with Crippen LogP contribution in [0.15, 0.2) is 6.07 Å². The summed E-state index contributed by atoms with van der Waals surface area (Å²) in [6, 6.07) is 2.54. The van der Waals surface area contributed by atoms with Gasteiger partial charge in [0.1, 0.15) is 17.5 Å². The van der Waals surface area contributed by atoms with Crippen LogP contribution in [0.5, 0.6) is 0 Å². The summed E-state index contributed by atoms with van der Waals surface area (Å²) in [7, 11) is 2.18. The first-order valence-corrected chi connectivity index (χ1v) is 7.97. The Hall–Kier alpha value is -1.36. The molecule has 2 N–H and O–H groups in total. The zero-order valence-corrected chi connectivity index (χ0v) is 14.0. The molecule has 0 atom stereocenters. The number of hydrogen-bond donors (Lipinski definition) is 2. The van der Waals surface area contributed by atoms with E-state index in [4.69, 9.17) is 4.98 Å². The van der Waals surface area contributed by atoms with Crippen LogP contribution >= 0.6 is 0 Å². The van der Waals surface area contributed by atoms with Gasteiger partial charge >= 0.3 is 0 Å². The van der Waals surface area contributed by atoms with Gasteiger partial charge in [0, 0.05) is 24.1 Å². The van der Waals surface area contributed by atoms with Crippen molar-refractivity contribution in [2.75, 3.05) is 37.3 Å². The fourth-order valence-corrected chi connectivity index (χ4v) is 2.49. The molecule has 1 saturated heterocycles. The summed E-state index contributed by atoms with van der Waals surface area (Å²) in [5.74, 6) is 2.74. The number of hydrogen-bond acceptors (Lipinski definition) is 5. The molecule has 2 rings (SSSR count). The number of piperidine rings is 1. The van der Waals surface area contributed by atoms with Crippen molar-refractivity contribution in [3.8, 4) is 0 Å². The van der Waals surface area contributed by atoms with Crippen molar-refractivity contribution in [3.63, 3.8) is 0 Å². The normalized spacial score (nSPS) is 17.8. The predicted octanol–water partition coefficient (Wildman–Crippen LogP) is 2.71. The predicted molar refractivity (Wildman–Crippen MR) is 89.0 cm³/mol. The van der Waals surface area contributed by atoms with E-state index in [2.05, 4.69) is 55.3 Å². The van der Waals surface area contributed by atoms with Gasteiger partial charge in [-0.25, -0.2) is 9.97 Å². The Morgan fingerprint density at radius 3 is 2.38 bits per heavy atom.